The number of hydrogen-bond donors (Lipinski definition) is 0. The van der Waals surface area contributed by atoms with Crippen molar-refractivity contribution in [2.45, 2.75) is 66.6 Å². The summed E-state index contributed by atoms with van der Waals surface area (Å²) in [5, 5.41) is 0. The van der Waals surface area contributed by atoms with Gasteiger partial charge in [-0.1, -0.05) is 13.8 Å². The van der Waals surface area contributed by atoms with Gasteiger partial charge in [0.15, 0.2) is 0 Å². The predicted molar refractivity (Wildman–Crippen MR) is 134 cm³/mol. The van der Waals surface area contributed by atoms with E-state index >= 15 is 0 Å². The predicted octanol–water partition coefficient (Wildman–Crippen LogP) is 9.05. The zero-order chi connectivity index (χ0) is 30.6. The van der Waals surface area contributed by atoms with Crippen LogP contribution < -0.4 is 9.47 Å². The van der Waals surface area contributed by atoms with Gasteiger partial charge in [-0.05, 0) is 27.7 Å². The van der Waals surface area contributed by atoms with Crippen LogP contribution >= 0.6 is 0 Å². The van der Waals surface area contributed by atoms with Crippen LogP contribution in [0.3, 0.4) is 0 Å². The van der Waals surface area contributed by atoms with Gasteiger partial charge in [-0.2, -0.15) is 12.2 Å². The molecule has 0 saturated heterocycles. The van der Waals surface area contributed by atoms with Gasteiger partial charge in [-0.25, -0.2) is 40.9 Å². The maximum atomic E-state index is 12.9. The summed E-state index contributed by atoms with van der Waals surface area (Å²) in [6.07, 6.45) is 15.5. The topological polar surface area (TPSA) is 18.5 Å². The number of rotatable bonds is 4. The van der Waals surface area contributed by atoms with Crippen LogP contribution in [0.4, 0.5) is 35.1 Å². The average molecular weight is 620 g/mol. The number of hydrogen-bond acceptors (Lipinski definition) is 2. The molecule has 0 N–H and O–H groups in total. The Morgan fingerprint density at radius 2 is 0.829 bits per heavy atom. The second kappa shape index (κ2) is 18.6. The Morgan fingerprint density at radius 3 is 0.976 bits per heavy atom. The molecule has 0 amide bonds. The van der Waals surface area contributed by atoms with Crippen molar-refractivity contribution in [2.24, 2.45) is 0 Å². The molecule has 0 bridgehead atoms. The monoisotopic (exact) mass is 620 g/mol. The molecule has 0 aromatic heterocycles. The summed E-state index contributed by atoms with van der Waals surface area (Å²) >= 11 is 0. The van der Waals surface area contributed by atoms with E-state index in [0.717, 1.165) is 12.8 Å². The maximum absolute atomic E-state index is 12.9. The van der Waals surface area contributed by atoms with E-state index < -0.39 is 70.2 Å². The number of allylic oxidation sites excluding steroid dienone is 8. The fraction of sp³-hybridized carbons (Fsp3) is 0.333. The van der Waals surface area contributed by atoms with Crippen LogP contribution in [-0.4, -0.2) is 12.2 Å². The van der Waals surface area contributed by atoms with E-state index in [-0.39, 0.29) is 21.7 Å². The van der Waals surface area contributed by atoms with Gasteiger partial charge in [-0.15, -0.1) is 25.0 Å². The standard InChI is InChI=1S/2C9H7F4O.2C6H7.Ti/c2*1-4(2)14-9-7(12)5(10)3-6(11)8(9)13;2*1-6-4-2-3-5-6;/h2*4H,1-2H3;2*2,4H,3H2,1H3;/q4*-1;+4. The van der Waals surface area contributed by atoms with Gasteiger partial charge < -0.3 is 9.47 Å². The Labute approximate surface area is 250 Å². The van der Waals surface area contributed by atoms with Gasteiger partial charge in [0.1, 0.15) is 0 Å². The smallest absolute Gasteiger partial charge is 0.510 e. The summed E-state index contributed by atoms with van der Waals surface area (Å²) < 4.78 is 111. The third kappa shape index (κ3) is 13.1. The molecule has 0 saturated carbocycles. The Kier molecular flexibility index (Phi) is 17.3. The van der Waals surface area contributed by atoms with Crippen LogP contribution in [0.25, 0.3) is 0 Å². The van der Waals surface area contributed by atoms with Crippen molar-refractivity contribution in [2.75, 3.05) is 0 Å². The molecule has 0 radical (unpaired) electrons. The van der Waals surface area contributed by atoms with Crippen LogP contribution in [0.15, 0.2) is 35.5 Å². The van der Waals surface area contributed by atoms with Gasteiger partial charge >= 0.3 is 21.7 Å². The first-order valence-electron chi connectivity index (χ1n) is 12.0. The first-order chi connectivity index (χ1) is 18.6. The summed E-state index contributed by atoms with van der Waals surface area (Å²) in [4.78, 5) is 0. The number of ether oxygens (including phenoxy) is 2. The average Bonchev–Trinajstić information content (AvgIpc) is 3.56. The summed E-state index contributed by atoms with van der Waals surface area (Å²) in [6.45, 7) is 10.0. The van der Waals surface area contributed by atoms with Crippen LogP contribution in [0.5, 0.6) is 11.5 Å². The van der Waals surface area contributed by atoms with Crippen molar-refractivity contribution in [1.29, 1.82) is 0 Å². The minimum absolute atomic E-state index is 0. The fourth-order valence-electron chi connectivity index (χ4n) is 2.71. The Balaban J connectivity index is 0.000000552. The van der Waals surface area contributed by atoms with Gasteiger partial charge in [0.05, 0.1) is 70.2 Å². The van der Waals surface area contributed by atoms with Crippen LogP contribution in [0.2, 0.25) is 0 Å². The minimum atomic E-state index is -1.60. The van der Waals surface area contributed by atoms with Crippen LogP contribution in [-0.2, 0) is 21.7 Å². The molecular weight excluding hydrogens is 592 g/mol. The van der Waals surface area contributed by atoms with Crippen molar-refractivity contribution in [3.8, 4) is 11.5 Å². The molecule has 2 aromatic carbocycles. The Morgan fingerprint density at radius 1 is 0.561 bits per heavy atom. The molecule has 11 heteroatoms. The van der Waals surface area contributed by atoms with Crippen LogP contribution in [0, 0.1) is 70.8 Å². The molecule has 0 atom stereocenters. The van der Waals surface area contributed by atoms with Gasteiger partial charge in [0.25, 0.3) is 0 Å². The molecule has 0 spiro atoms. The molecule has 0 unspecified atom stereocenters. The second-order valence-corrected chi connectivity index (χ2v) is 8.69. The molecule has 41 heavy (non-hydrogen) atoms. The second-order valence-electron chi connectivity index (χ2n) is 8.69. The SMILES string of the molecule is CC(C)Oc1c(F)c(F)[c-]c(F)c1F.CC(C)Oc1c(F)c(F)[c-]c(F)c1F.CC1=[C-]CC=C1.CC1=[C-]CC=C1.[Ti+4]. The molecule has 0 aliphatic heterocycles. The summed E-state index contributed by atoms with van der Waals surface area (Å²) in [5.41, 5.74) is 2.55. The van der Waals surface area contributed by atoms with E-state index in [0.29, 0.717) is 0 Å². The largest absolute Gasteiger partial charge is 4.00 e. The molecule has 2 aliphatic carbocycles. The van der Waals surface area contributed by atoms with E-state index in [1.54, 1.807) is 0 Å². The number of halogens is 8. The summed E-state index contributed by atoms with van der Waals surface area (Å²) in [7, 11) is 0. The van der Waals surface area contributed by atoms with Crippen molar-refractivity contribution < 1.29 is 66.3 Å². The number of benzene rings is 2. The van der Waals surface area contributed by atoms with E-state index in [1.807, 2.05) is 0 Å². The van der Waals surface area contributed by atoms with E-state index in [4.69, 9.17) is 0 Å². The molecular formula is C30H28F8O2Ti. The van der Waals surface area contributed by atoms with Gasteiger partial charge in [0, 0.05) is 0 Å². The minimum Gasteiger partial charge on any atom is -0.510 e. The zero-order valence-electron chi connectivity index (χ0n) is 23.2. The van der Waals surface area contributed by atoms with E-state index in [9.17, 15) is 35.1 Å². The Hall–Kier alpha value is -2.85. The van der Waals surface area contributed by atoms with Crippen LogP contribution in [0.1, 0.15) is 54.4 Å². The molecule has 220 valence electrons. The normalized spacial score (nSPS) is 12.8. The molecule has 2 nitrogen and oxygen atoms in total. The first kappa shape index (κ1) is 38.2. The third-order valence-electron chi connectivity index (χ3n) is 4.45. The fourth-order valence-corrected chi connectivity index (χ4v) is 2.71. The molecule has 0 fully saturated rings. The maximum Gasteiger partial charge on any atom is 4.00 e. The Bertz CT molecular complexity index is 1110. The van der Waals surface area contributed by atoms with Crippen molar-refractivity contribution in [1.82, 2.24) is 0 Å². The van der Waals surface area contributed by atoms with Crippen molar-refractivity contribution >= 4 is 0 Å². The molecule has 0 heterocycles. The van der Waals surface area contributed by atoms with Crippen molar-refractivity contribution in [3.63, 3.8) is 0 Å². The van der Waals surface area contributed by atoms with Gasteiger partial charge in [-0.3, -0.25) is 29.7 Å². The summed E-state index contributed by atoms with van der Waals surface area (Å²) in [5.74, 6) is -14.8. The van der Waals surface area contributed by atoms with E-state index in [1.165, 1.54) is 51.0 Å². The first-order valence-corrected chi connectivity index (χ1v) is 12.0. The molecule has 4 rings (SSSR count). The molecule has 2 aliphatic rings. The third-order valence-corrected chi connectivity index (χ3v) is 4.45. The molecule has 2 aromatic rings. The summed E-state index contributed by atoms with van der Waals surface area (Å²) in [6, 6.07) is 2.51. The van der Waals surface area contributed by atoms with E-state index in [2.05, 4.69) is 59.8 Å². The zero-order valence-corrected chi connectivity index (χ0v) is 24.8. The quantitative estimate of drug-likeness (QED) is 0.147. The van der Waals surface area contributed by atoms with Gasteiger partial charge in [0.2, 0.25) is 0 Å². The van der Waals surface area contributed by atoms with Crippen molar-refractivity contribution in [3.05, 3.63) is 106 Å².